The maximum absolute atomic E-state index is 12.7. The van der Waals surface area contributed by atoms with Crippen LogP contribution in [-0.4, -0.2) is 25.8 Å². The number of nitrogens with one attached hydrogen (secondary N) is 1. The van der Waals surface area contributed by atoms with E-state index in [9.17, 15) is 22.3 Å². The Kier molecular flexibility index (Phi) is 6.03. The number of para-hydroxylation sites is 1. The number of anilines is 1. The second-order valence-electron chi connectivity index (χ2n) is 4.83. The van der Waals surface area contributed by atoms with Gasteiger partial charge >= 0.3 is 5.76 Å². The molecule has 130 valence electrons. The van der Waals surface area contributed by atoms with Crippen molar-refractivity contribution in [2.75, 3.05) is 11.9 Å². The van der Waals surface area contributed by atoms with E-state index in [2.05, 4.69) is 5.32 Å². The van der Waals surface area contributed by atoms with Crippen molar-refractivity contribution in [2.45, 2.75) is 16.8 Å². The van der Waals surface area contributed by atoms with Crippen LogP contribution in [0.2, 0.25) is 10.0 Å². The second-order valence-corrected chi connectivity index (χ2v) is 7.53. The van der Waals surface area contributed by atoms with Gasteiger partial charge in [0.15, 0.2) is 0 Å². The van der Waals surface area contributed by atoms with Crippen molar-refractivity contribution >= 4 is 38.7 Å². The van der Waals surface area contributed by atoms with Crippen molar-refractivity contribution in [2.24, 2.45) is 0 Å². The highest BCUT2D eigenvalue weighted by atomic mass is 35.5. The third kappa shape index (κ3) is 3.97. The van der Waals surface area contributed by atoms with E-state index in [1.165, 1.54) is 18.2 Å². The first kappa shape index (κ1) is 18.9. The smallest absolute Gasteiger partial charge is 0.341 e. The van der Waals surface area contributed by atoms with E-state index in [4.69, 9.17) is 23.2 Å². The molecule has 1 atom stereocenters. The summed E-state index contributed by atoms with van der Waals surface area (Å²) in [5.41, 5.74) is 0.225. The molecular weight excluding hydrogens is 383 g/mol. The van der Waals surface area contributed by atoms with E-state index in [0.29, 0.717) is 0 Å². The minimum Gasteiger partial charge on any atom is -0.386 e. The van der Waals surface area contributed by atoms with Gasteiger partial charge in [0.1, 0.15) is 0 Å². The summed E-state index contributed by atoms with van der Waals surface area (Å²) in [5, 5.41) is 13.3. The molecule has 2 aromatic carbocycles. The van der Waals surface area contributed by atoms with E-state index in [0.717, 1.165) is 6.07 Å². The Morgan fingerprint density at radius 3 is 2.21 bits per heavy atom. The Labute approximate surface area is 147 Å². The summed E-state index contributed by atoms with van der Waals surface area (Å²) in [6, 6.07) is 9.92. The van der Waals surface area contributed by atoms with E-state index < -0.39 is 26.6 Å². The first-order valence-corrected chi connectivity index (χ1v) is 9.02. The molecule has 24 heavy (non-hydrogen) atoms. The van der Waals surface area contributed by atoms with Gasteiger partial charge in [-0.05, 0) is 24.3 Å². The van der Waals surface area contributed by atoms with Crippen molar-refractivity contribution < 1.29 is 22.3 Å². The summed E-state index contributed by atoms with van der Waals surface area (Å²) in [7, 11) is -4.77. The van der Waals surface area contributed by atoms with Crippen molar-refractivity contribution in [1.82, 2.24) is 0 Å². The minimum atomic E-state index is -4.77. The van der Waals surface area contributed by atoms with Crippen molar-refractivity contribution in [1.29, 1.82) is 0 Å². The molecule has 0 bridgehead atoms. The zero-order valence-electron chi connectivity index (χ0n) is 12.1. The van der Waals surface area contributed by atoms with Gasteiger partial charge in [-0.3, -0.25) is 0 Å². The highest BCUT2D eigenvalue weighted by molar-refractivity contribution is 7.91. The van der Waals surface area contributed by atoms with Gasteiger partial charge in [0.25, 0.3) is 0 Å². The number of hydrogen-bond acceptors (Lipinski definition) is 4. The third-order valence-corrected chi connectivity index (χ3v) is 5.34. The number of halogens is 4. The highest BCUT2D eigenvalue weighted by Gasteiger charge is 2.29. The fourth-order valence-corrected chi connectivity index (χ4v) is 3.65. The van der Waals surface area contributed by atoms with Crippen molar-refractivity contribution in [3.05, 3.63) is 58.1 Å². The maximum atomic E-state index is 12.7. The van der Waals surface area contributed by atoms with Crippen LogP contribution in [0.1, 0.15) is 11.7 Å². The number of rotatable bonds is 6. The average Bonchev–Trinajstić information content (AvgIpc) is 2.52. The van der Waals surface area contributed by atoms with Gasteiger partial charge in [-0.2, -0.15) is 8.78 Å². The van der Waals surface area contributed by atoms with Gasteiger partial charge < -0.3 is 10.4 Å². The van der Waals surface area contributed by atoms with Gasteiger partial charge in [0.05, 0.1) is 16.7 Å². The highest BCUT2D eigenvalue weighted by Crippen LogP contribution is 2.31. The number of aliphatic hydroxyl groups excluding tert-OH is 1. The molecule has 0 radical (unpaired) electrons. The standard InChI is InChI=1S/C15H13Cl2F2NO3S/c16-9-4-3-5-10(17)14(9)12(21)8-20-11-6-1-2-7-13(11)24(22,23)15(18)19/h1-7,12,15,20-21H,8H2. The Balaban J connectivity index is 2.25. The number of sulfone groups is 1. The van der Waals surface area contributed by atoms with Crippen LogP contribution in [-0.2, 0) is 9.84 Å². The second kappa shape index (κ2) is 7.65. The quantitative estimate of drug-likeness (QED) is 0.771. The molecule has 2 rings (SSSR count). The molecule has 0 fully saturated rings. The lowest BCUT2D eigenvalue weighted by molar-refractivity contribution is 0.192. The van der Waals surface area contributed by atoms with Crippen LogP contribution in [0.4, 0.5) is 14.5 Å². The molecule has 0 aliphatic carbocycles. The first-order chi connectivity index (χ1) is 11.2. The molecule has 1 unspecified atom stereocenters. The maximum Gasteiger partial charge on any atom is 0.341 e. The molecule has 0 aliphatic rings. The normalized spacial score (nSPS) is 13.1. The van der Waals surface area contributed by atoms with Gasteiger partial charge in [-0.1, -0.05) is 41.4 Å². The first-order valence-electron chi connectivity index (χ1n) is 6.72. The molecular formula is C15H13Cl2F2NO3S. The fourth-order valence-electron chi connectivity index (χ4n) is 2.09. The fraction of sp³-hybridized carbons (Fsp3) is 0.200. The van der Waals surface area contributed by atoms with E-state index in [-0.39, 0.29) is 27.8 Å². The predicted molar refractivity (Wildman–Crippen MR) is 89.5 cm³/mol. The molecule has 0 spiro atoms. The number of alkyl halides is 2. The van der Waals surface area contributed by atoms with Crippen LogP contribution in [0.3, 0.4) is 0 Å². The number of aliphatic hydroxyl groups is 1. The third-order valence-electron chi connectivity index (χ3n) is 3.25. The van der Waals surface area contributed by atoms with Crippen LogP contribution in [0.25, 0.3) is 0 Å². The largest absolute Gasteiger partial charge is 0.386 e. The zero-order chi connectivity index (χ0) is 17.9. The number of benzene rings is 2. The molecule has 0 aromatic heterocycles. The molecule has 0 heterocycles. The van der Waals surface area contributed by atoms with Crippen molar-refractivity contribution in [3.63, 3.8) is 0 Å². The van der Waals surface area contributed by atoms with Gasteiger partial charge in [-0.25, -0.2) is 8.42 Å². The number of hydrogen-bond donors (Lipinski definition) is 2. The van der Waals surface area contributed by atoms with Crippen LogP contribution < -0.4 is 5.32 Å². The monoisotopic (exact) mass is 395 g/mol. The van der Waals surface area contributed by atoms with Crippen molar-refractivity contribution in [3.8, 4) is 0 Å². The molecule has 2 N–H and O–H groups in total. The van der Waals surface area contributed by atoms with Crippen LogP contribution in [0.15, 0.2) is 47.4 Å². The lowest BCUT2D eigenvalue weighted by Crippen LogP contribution is -2.17. The van der Waals surface area contributed by atoms with Gasteiger partial charge in [0.2, 0.25) is 9.84 Å². The lowest BCUT2D eigenvalue weighted by atomic mass is 10.1. The summed E-state index contributed by atoms with van der Waals surface area (Å²) in [4.78, 5) is -0.544. The summed E-state index contributed by atoms with van der Waals surface area (Å²) in [6.07, 6.45) is -1.16. The van der Waals surface area contributed by atoms with E-state index in [1.807, 2.05) is 0 Å². The molecule has 0 saturated heterocycles. The summed E-state index contributed by atoms with van der Waals surface area (Å²) >= 11 is 12.0. The van der Waals surface area contributed by atoms with Crippen LogP contribution in [0, 0.1) is 0 Å². The SMILES string of the molecule is O=S(=O)(c1ccccc1NCC(O)c1c(Cl)cccc1Cl)C(F)F. The van der Waals surface area contributed by atoms with Gasteiger partial charge in [0, 0.05) is 22.2 Å². The summed E-state index contributed by atoms with van der Waals surface area (Å²) in [5.74, 6) is -3.54. The molecule has 0 saturated carbocycles. The van der Waals surface area contributed by atoms with Crippen LogP contribution in [0.5, 0.6) is 0 Å². The molecule has 9 heteroatoms. The Bertz CT molecular complexity index is 811. The predicted octanol–water partition coefficient (Wildman–Crippen LogP) is 4.14. The van der Waals surface area contributed by atoms with Gasteiger partial charge in [-0.15, -0.1) is 0 Å². The minimum absolute atomic E-state index is 0.0416. The molecule has 2 aromatic rings. The molecule has 0 amide bonds. The molecule has 0 aliphatic heterocycles. The average molecular weight is 396 g/mol. The van der Waals surface area contributed by atoms with Crippen LogP contribution >= 0.6 is 23.2 Å². The van der Waals surface area contributed by atoms with E-state index >= 15 is 0 Å². The zero-order valence-corrected chi connectivity index (χ0v) is 14.4. The molecule has 4 nitrogen and oxygen atoms in total. The Morgan fingerprint density at radius 1 is 1.04 bits per heavy atom. The Hall–Kier alpha value is -1.41. The Morgan fingerprint density at radius 2 is 1.62 bits per heavy atom. The van der Waals surface area contributed by atoms with E-state index in [1.54, 1.807) is 18.2 Å². The summed E-state index contributed by atoms with van der Waals surface area (Å²) in [6.45, 7) is -0.167. The topological polar surface area (TPSA) is 66.4 Å². The summed E-state index contributed by atoms with van der Waals surface area (Å²) < 4.78 is 48.9. The lowest BCUT2D eigenvalue weighted by Gasteiger charge is -2.17.